The Morgan fingerprint density at radius 2 is 1.72 bits per heavy atom. The molecular weight excluding hydrogens is 420 g/mol. The number of aromatic nitrogens is 4. The predicted octanol–water partition coefficient (Wildman–Crippen LogP) is 3.70. The van der Waals surface area contributed by atoms with Gasteiger partial charge in [-0.25, -0.2) is 4.68 Å². The largest absolute Gasteiger partial charge is 0.497 e. The number of thiophene rings is 1. The van der Waals surface area contributed by atoms with E-state index < -0.39 is 0 Å². The first-order chi connectivity index (χ1) is 15.8. The molecule has 3 heterocycles. The first kappa shape index (κ1) is 20.7. The molecule has 2 aromatic carbocycles. The van der Waals surface area contributed by atoms with Crippen LogP contribution in [-0.4, -0.2) is 58.4 Å². The van der Waals surface area contributed by atoms with E-state index in [0.29, 0.717) is 6.54 Å². The highest BCUT2D eigenvalue weighted by Crippen LogP contribution is 2.30. The van der Waals surface area contributed by atoms with Crippen molar-refractivity contribution in [3.8, 4) is 5.75 Å². The molecule has 0 radical (unpaired) electrons. The Kier molecular flexibility index (Phi) is 6.13. The minimum Gasteiger partial charge on any atom is -0.497 e. The number of piperazine rings is 1. The summed E-state index contributed by atoms with van der Waals surface area (Å²) in [6.45, 7) is 4.44. The lowest BCUT2D eigenvalue weighted by molar-refractivity contribution is 0.201. The molecule has 0 spiro atoms. The van der Waals surface area contributed by atoms with Gasteiger partial charge in [0.25, 0.3) is 0 Å². The van der Waals surface area contributed by atoms with Crippen molar-refractivity contribution in [3.63, 3.8) is 0 Å². The summed E-state index contributed by atoms with van der Waals surface area (Å²) in [7, 11) is 1.70. The quantitative estimate of drug-likeness (QED) is 0.431. The molecule has 1 saturated heterocycles. The van der Waals surface area contributed by atoms with Crippen LogP contribution in [0.5, 0.6) is 5.75 Å². The van der Waals surface area contributed by atoms with Gasteiger partial charge in [-0.15, -0.1) is 16.4 Å². The lowest BCUT2D eigenvalue weighted by atomic mass is 10.0. The van der Waals surface area contributed by atoms with Gasteiger partial charge in [-0.3, -0.25) is 4.90 Å². The number of anilines is 1. The van der Waals surface area contributed by atoms with E-state index in [1.807, 2.05) is 16.8 Å². The fraction of sp³-hybridized carbons (Fsp3) is 0.292. The van der Waals surface area contributed by atoms with Crippen LogP contribution in [0.3, 0.4) is 0 Å². The van der Waals surface area contributed by atoms with Crippen LogP contribution in [0.2, 0.25) is 0 Å². The number of hydrogen-bond acceptors (Lipinski definition) is 7. The third kappa shape index (κ3) is 4.37. The Labute approximate surface area is 191 Å². The van der Waals surface area contributed by atoms with E-state index in [0.717, 1.165) is 37.8 Å². The molecule has 0 saturated carbocycles. The first-order valence-electron chi connectivity index (χ1n) is 10.8. The second-order valence-corrected chi connectivity index (χ2v) is 8.84. The van der Waals surface area contributed by atoms with Crippen molar-refractivity contribution in [2.24, 2.45) is 0 Å². The predicted molar refractivity (Wildman–Crippen MR) is 126 cm³/mol. The SMILES string of the molecule is COc1ccc(N2CCN(C(c3ccccc3)c3nnnn3Cc3cccs3)CC2)cc1. The molecule has 0 bridgehead atoms. The zero-order chi connectivity index (χ0) is 21.8. The Morgan fingerprint density at radius 1 is 0.938 bits per heavy atom. The van der Waals surface area contributed by atoms with Crippen LogP contribution in [0, 0.1) is 0 Å². The molecule has 1 fully saturated rings. The normalized spacial score (nSPS) is 15.6. The molecule has 0 amide bonds. The molecule has 4 aromatic rings. The molecule has 164 valence electrons. The average molecular weight is 447 g/mol. The smallest absolute Gasteiger partial charge is 0.173 e. The number of tetrazole rings is 1. The summed E-state index contributed by atoms with van der Waals surface area (Å²) in [6, 6.07) is 23.1. The lowest BCUT2D eigenvalue weighted by Crippen LogP contribution is -2.48. The maximum atomic E-state index is 5.30. The van der Waals surface area contributed by atoms with Crippen LogP contribution >= 0.6 is 11.3 Å². The summed E-state index contributed by atoms with van der Waals surface area (Å²) < 4.78 is 7.24. The van der Waals surface area contributed by atoms with Crippen LogP contribution in [0.1, 0.15) is 22.3 Å². The van der Waals surface area contributed by atoms with Crippen molar-refractivity contribution in [1.82, 2.24) is 25.1 Å². The summed E-state index contributed by atoms with van der Waals surface area (Å²) in [6.07, 6.45) is 0. The number of benzene rings is 2. The van der Waals surface area contributed by atoms with Crippen molar-refractivity contribution in [2.45, 2.75) is 12.6 Å². The highest BCUT2D eigenvalue weighted by molar-refractivity contribution is 7.09. The van der Waals surface area contributed by atoms with Gasteiger partial charge in [-0.1, -0.05) is 36.4 Å². The molecule has 1 atom stereocenters. The van der Waals surface area contributed by atoms with Crippen LogP contribution in [0.15, 0.2) is 72.1 Å². The molecule has 1 aliphatic rings. The lowest BCUT2D eigenvalue weighted by Gasteiger charge is -2.40. The van der Waals surface area contributed by atoms with Gasteiger partial charge in [-0.2, -0.15) is 0 Å². The molecule has 7 nitrogen and oxygen atoms in total. The highest BCUT2D eigenvalue weighted by Gasteiger charge is 2.30. The summed E-state index contributed by atoms with van der Waals surface area (Å²) in [5.41, 5.74) is 2.44. The van der Waals surface area contributed by atoms with Crippen molar-refractivity contribution in [3.05, 3.63) is 88.4 Å². The van der Waals surface area contributed by atoms with E-state index in [-0.39, 0.29) is 6.04 Å². The van der Waals surface area contributed by atoms with E-state index in [4.69, 9.17) is 4.74 Å². The number of ether oxygens (including phenoxy) is 1. The molecular formula is C24H26N6OS. The molecule has 32 heavy (non-hydrogen) atoms. The molecule has 8 heteroatoms. The Hall–Kier alpha value is -3.23. The summed E-state index contributed by atoms with van der Waals surface area (Å²) in [5.74, 6) is 1.77. The monoisotopic (exact) mass is 446 g/mol. The minimum absolute atomic E-state index is 0.0178. The van der Waals surface area contributed by atoms with Crippen LogP contribution in [-0.2, 0) is 6.54 Å². The fourth-order valence-corrected chi connectivity index (χ4v) is 4.95. The first-order valence-corrected chi connectivity index (χ1v) is 11.7. The van der Waals surface area contributed by atoms with E-state index >= 15 is 0 Å². The summed E-state index contributed by atoms with van der Waals surface area (Å²) >= 11 is 1.73. The molecule has 0 N–H and O–H groups in total. The maximum absolute atomic E-state index is 5.30. The van der Waals surface area contributed by atoms with Crippen molar-refractivity contribution >= 4 is 17.0 Å². The molecule has 1 aliphatic heterocycles. The van der Waals surface area contributed by atoms with Crippen LogP contribution < -0.4 is 9.64 Å². The summed E-state index contributed by atoms with van der Waals surface area (Å²) in [5, 5.41) is 14.9. The van der Waals surface area contributed by atoms with E-state index in [2.05, 4.69) is 85.3 Å². The number of methoxy groups -OCH3 is 1. The van der Waals surface area contributed by atoms with Gasteiger partial charge < -0.3 is 9.64 Å². The van der Waals surface area contributed by atoms with Gasteiger partial charge in [0.05, 0.1) is 19.7 Å². The average Bonchev–Trinajstić information content (AvgIpc) is 3.54. The second-order valence-electron chi connectivity index (χ2n) is 7.81. The third-order valence-corrected chi connectivity index (χ3v) is 6.78. The number of nitrogens with zero attached hydrogens (tertiary/aromatic N) is 6. The van der Waals surface area contributed by atoms with Gasteiger partial charge in [0.2, 0.25) is 0 Å². The Morgan fingerprint density at radius 3 is 2.41 bits per heavy atom. The zero-order valence-corrected chi connectivity index (χ0v) is 18.9. The molecule has 1 unspecified atom stereocenters. The zero-order valence-electron chi connectivity index (χ0n) is 18.0. The minimum atomic E-state index is 0.0178. The highest BCUT2D eigenvalue weighted by atomic mass is 32.1. The molecule has 5 rings (SSSR count). The van der Waals surface area contributed by atoms with E-state index in [1.165, 1.54) is 16.1 Å². The van der Waals surface area contributed by atoms with Gasteiger partial charge in [-0.05, 0) is 51.7 Å². The second kappa shape index (κ2) is 9.50. The van der Waals surface area contributed by atoms with Crippen LogP contribution in [0.4, 0.5) is 5.69 Å². The number of hydrogen-bond donors (Lipinski definition) is 0. The van der Waals surface area contributed by atoms with Gasteiger partial charge in [0.15, 0.2) is 5.82 Å². The van der Waals surface area contributed by atoms with Crippen molar-refractivity contribution < 1.29 is 4.74 Å². The third-order valence-electron chi connectivity index (χ3n) is 5.92. The summed E-state index contributed by atoms with van der Waals surface area (Å²) in [4.78, 5) is 6.16. The molecule has 2 aromatic heterocycles. The van der Waals surface area contributed by atoms with E-state index in [9.17, 15) is 0 Å². The van der Waals surface area contributed by atoms with Gasteiger partial charge in [0, 0.05) is 36.7 Å². The van der Waals surface area contributed by atoms with E-state index in [1.54, 1.807) is 18.4 Å². The van der Waals surface area contributed by atoms with Gasteiger partial charge in [0.1, 0.15) is 5.75 Å². The van der Waals surface area contributed by atoms with Crippen molar-refractivity contribution in [1.29, 1.82) is 0 Å². The fourth-order valence-electron chi connectivity index (χ4n) is 4.26. The van der Waals surface area contributed by atoms with Crippen molar-refractivity contribution in [2.75, 3.05) is 38.2 Å². The molecule has 0 aliphatic carbocycles. The standard InChI is InChI=1S/C24H26N6OS/c1-31-21-11-9-20(10-12-21)28-13-15-29(16-14-28)23(19-6-3-2-4-7-19)24-25-26-27-30(24)18-22-8-5-17-32-22/h2-12,17,23H,13-16,18H2,1H3. The number of rotatable bonds is 7. The Balaban J connectivity index is 1.38. The topological polar surface area (TPSA) is 59.3 Å². The Bertz CT molecular complexity index is 1110. The maximum Gasteiger partial charge on any atom is 0.173 e. The van der Waals surface area contributed by atoms with Crippen LogP contribution in [0.25, 0.3) is 0 Å². The van der Waals surface area contributed by atoms with Gasteiger partial charge >= 0.3 is 0 Å².